The van der Waals surface area contributed by atoms with E-state index in [9.17, 15) is 4.79 Å². The Morgan fingerprint density at radius 3 is 2.89 bits per heavy atom. The molecular formula is C16H23NO2. The second-order valence-corrected chi connectivity index (χ2v) is 5.46. The quantitative estimate of drug-likeness (QED) is 0.664. The summed E-state index contributed by atoms with van der Waals surface area (Å²) in [7, 11) is 1.60. The predicted molar refractivity (Wildman–Crippen MR) is 77.5 cm³/mol. The van der Waals surface area contributed by atoms with Crippen molar-refractivity contribution >= 4 is 11.5 Å². The lowest BCUT2D eigenvalue weighted by Crippen LogP contribution is -2.23. The van der Waals surface area contributed by atoms with E-state index in [0.717, 1.165) is 25.7 Å². The first-order valence-electron chi connectivity index (χ1n) is 7.13. The molecule has 0 spiro atoms. The Labute approximate surface area is 115 Å². The number of benzene rings is 1. The van der Waals surface area contributed by atoms with E-state index in [1.54, 1.807) is 25.3 Å². The van der Waals surface area contributed by atoms with E-state index in [-0.39, 0.29) is 11.7 Å². The number of hydrogen-bond donors (Lipinski definition) is 1. The molecule has 1 aliphatic rings. The summed E-state index contributed by atoms with van der Waals surface area (Å²) >= 11 is 0. The number of Topliss-reactive ketones (excluding diaryl/α,β-unsaturated/α-hetero) is 1. The van der Waals surface area contributed by atoms with Gasteiger partial charge in [0.05, 0.1) is 7.11 Å². The highest BCUT2D eigenvalue weighted by atomic mass is 16.5. The van der Waals surface area contributed by atoms with Crippen LogP contribution in [0, 0.1) is 11.8 Å². The number of rotatable bonds is 4. The standard InChI is InChI=1S/C16H23NO2/c1-3-11-5-4-6-12(9-11)16(18)14-10-13(19-2)7-8-15(14)17/h7-8,10-12H,3-6,9,17H2,1-2H3. The third-order valence-electron chi connectivity index (χ3n) is 4.26. The fraction of sp³-hybridized carbons (Fsp3) is 0.562. The molecule has 2 atom stereocenters. The first kappa shape index (κ1) is 13.9. The second-order valence-electron chi connectivity index (χ2n) is 5.46. The zero-order valence-corrected chi connectivity index (χ0v) is 11.8. The summed E-state index contributed by atoms with van der Waals surface area (Å²) in [5, 5.41) is 0. The zero-order valence-electron chi connectivity index (χ0n) is 11.8. The van der Waals surface area contributed by atoms with Crippen LogP contribution in [0.4, 0.5) is 5.69 Å². The van der Waals surface area contributed by atoms with Crippen LogP contribution in [-0.4, -0.2) is 12.9 Å². The first-order chi connectivity index (χ1) is 9.15. The summed E-state index contributed by atoms with van der Waals surface area (Å²) in [6.45, 7) is 2.21. The van der Waals surface area contributed by atoms with Gasteiger partial charge in [0.2, 0.25) is 0 Å². The predicted octanol–water partition coefficient (Wildman–Crippen LogP) is 3.68. The highest BCUT2D eigenvalue weighted by Gasteiger charge is 2.28. The molecule has 3 nitrogen and oxygen atoms in total. The normalized spacial score (nSPS) is 23.1. The maximum atomic E-state index is 12.6. The van der Waals surface area contributed by atoms with Gasteiger partial charge in [-0.2, -0.15) is 0 Å². The largest absolute Gasteiger partial charge is 0.497 e. The van der Waals surface area contributed by atoms with Crippen molar-refractivity contribution in [3.8, 4) is 5.75 Å². The summed E-state index contributed by atoms with van der Waals surface area (Å²) in [5.41, 5.74) is 7.13. The summed E-state index contributed by atoms with van der Waals surface area (Å²) in [5.74, 6) is 1.71. The van der Waals surface area contributed by atoms with E-state index >= 15 is 0 Å². The molecule has 0 aromatic heterocycles. The number of nitrogens with two attached hydrogens (primary N) is 1. The second kappa shape index (κ2) is 6.09. The van der Waals surface area contributed by atoms with Crippen molar-refractivity contribution in [2.45, 2.75) is 39.0 Å². The van der Waals surface area contributed by atoms with Crippen LogP contribution in [0.2, 0.25) is 0 Å². The van der Waals surface area contributed by atoms with Gasteiger partial charge in [0.1, 0.15) is 5.75 Å². The number of carbonyl (C=O) groups is 1. The lowest BCUT2D eigenvalue weighted by Gasteiger charge is -2.27. The summed E-state index contributed by atoms with van der Waals surface area (Å²) < 4.78 is 5.18. The highest BCUT2D eigenvalue weighted by Crippen LogP contribution is 2.34. The molecule has 104 valence electrons. The molecule has 2 unspecified atom stereocenters. The van der Waals surface area contributed by atoms with Crippen LogP contribution in [0.25, 0.3) is 0 Å². The maximum Gasteiger partial charge on any atom is 0.168 e. The van der Waals surface area contributed by atoms with Crippen LogP contribution in [0.15, 0.2) is 18.2 Å². The van der Waals surface area contributed by atoms with Crippen LogP contribution >= 0.6 is 0 Å². The molecule has 1 saturated carbocycles. The molecule has 1 aliphatic carbocycles. The van der Waals surface area contributed by atoms with Gasteiger partial charge >= 0.3 is 0 Å². The Bertz CT molecular complexity index is 456. The number of hydrogen-bond acceptors (Lipinski definition) is 3. The van der Waals surface area contributed by atoms with Gasteiger partial charge in [-0.3, -0.25) is 4.79 Å². The number of carbonyl (C=O) groups excluding carboxylic acids is 1. The molecule has 0 saturated heterocycles. The molecule has 0 bridgehead atoms. The van der Waals surface area contributed by atoms with E-state index in [2.05, 4.69) is 6.92 Å². The SMILES string of the molecule is CCC1CCCC(C(=O)c2cc(OC)ccc2N)C1. The Morgan fingerprint density at radius 1 is 1.42 bits per heavy atom. The Hall–Kier alpha value is -1.51. The van der Waals surface area contributed by atoms with Gasteiger partial charge in [-0.15, -0.1) is 0 Å². The fourth-order valence-corrected chi connectivity index (χ4v) is 3.00. The van der Waals surface area contributed by atoms with Crippen LogP contribution in [-0.2, 0) is 0 Å². The van der Waals surface area contributed by atoms with E-state index < -0.39 is 0 Å². The Morgan fingerprint density at radius 2 is 2.21 bits per heavy atom. The molecule has 0 heterocycles. The number of nitrogen functional groups attached to an aromatic ring is 1. The monoisotopic (exact) mass is 261 g/mol. The van der Waals surface area contributed by atoms with Crippen molar-refractivity contribution in [2.75, 3.05) is 12.8 Å². The van der Waals surface area contributed by atoms with Crippen LogP contribution in [0.3, 0.4) is 0 Å². The number of ketones is 1. The van der Waals surface area contributed by atoms with Gasteiger partial charge in [-0.1, -0.05) is 26.2 Å². The van der Waals surface area contributed by atoms with Crippen LogP contribution in [0.5, 0.6) is 5.75 Å². The van der Waals surface area contributed by atoms with Crippen LogP contribution < -0.4 is 10.5 Å². The minimum Gasteiger partial charge on any atom is -0.497 e. The maximum absolute atomic E-state index is 12.6. The average Bonchev–Trinajstić information content (AvgIpc) is 2.47. The van der Waals surface area contributed by atoms with Gasteiger partial charge in [0.25, 0.3) is 0 Å². The molecule has 2 rings (SSSR count). The molecule has 0 radical (unpaired) electrons. The lowest BCUT2D eigenvalue weighted by molar-refractivity contribution is 0.0862. The van der Waals surface area contributed by atoms with Crippen molar-refractivity contribution < 1.29 is 9.53 Å². The van der Waals surface area contributed by atoms with E-state index in [0.29, 0.717) is 22.9 Å². The molecule has 3 heteroatoms. The fourth-order valence-electron chi connectivity index (χ4n) is 3.00. The smallest absolute Gasteiger partial charge is 0.168 e. The first-order valence-corrected chi connectivity index (χ1v) is 7.13. The van der Waals surface area contributed by atoms with Crippen molar-refractivity contribution in [2.24, 2.45) is 11.8 Å². The van der Waals surface area contributed by atoms with Gasteiger partial charge < -0.3 is 10.5 Å². The summed E-state index contributed by atoms with van der Waals surface area (Å²) in [6.07, 6.45) is 5.57. The lowest BCUT2D eigenvalue weighted by atomic mass is 9.77. The molecule has 1 aromatic rings. The summed E-state index contributed by atoms with van der Waals surface area (Å²) in [6, 6.07) is 5.32. The van der Waals surface area contributed by atoms with Gasteiger partial charge in [0, 0.05) is 17.2 Å². The van der Waals surface area contributed by atoms with Crippen molar-refractivity contribution in [3.05, 3.63) is 23.8 Å². The molecule has 1 aromatic carbocycles. The Kier molecular flexibility index (Phi) is 4.46. The van der Waals surface area contributed by atoms with Crippen LogP contribution in [0.1, 0.15) is 49.4 Å². The molecule has 2 N–H and O–H groups in total. The molecular weight excluding hydrogens is 238 g/mol. The minimum absolute atomic E-state index is 0.133. The zero-order chi connectivity index (χ0) is 13.8. The summed E-state index contributed by atoms with van der Waals surface area (Å²) in [4.78, 5) is 12.6. The molecule has 0 aliphatic heterocycles. The third kappa shape index (κ3) is 3.09. The average molecular weight is 261 g/mol. The third-order valence-corrected chi connectivity index (χ3v) is 4.26. The Balaban J connectivity index is 2.18. The van der Waals surface area contributed by atoms with E-state index in [1.807, 2.05) is 0 Å². The number of methoxy groups -OCH3 is 1. The molecule has 1 fully saturated rings. The van der Waals surface area contributed by atoms with Gasteiger partial charge in [0.15, 0.2) is 5.78 Å². The molecule has 0 amide bonds. The van der Waals surface area contributed by atoms with E-state index in [4.69, 9.17) is 10.5 Å². The van der Waals surface area contributed by atoms with Gasteiger partial charge in [-0.05, 0) is 37.0 Å². The highest BCUT2D eigenvalue weighted by molar-refractivity contribution is 6.02. The van der Waals surface area contributed by atoms with Gasteiger partial charge in [-0.25, -0.2) is 0 Å². The van der Waals surface area contributed by atoms with Crippen molar-refractivity contribution in [3.63, 3.8) is 0 Å². The topological polar surface area (TPSA) is 52.3 Å². The van der Waals surface area contributed by atoms with Crippen molar-refractivity contribution in [1.82, 2.24) is 0 Å². The van der Waals surface area contributed by atoms with Crippen molar-refractivity contribution in [1.29, 1.82) is 0 Å². The minimum atomic E-state index is 0.133. The number of anilines is 1. The molecule has 19 heavy (non-hydrogen) atoms. The van der Waals surface area contributed by atoms with E-state index in [1.165, 1.54) is 6.42 Å². The number of ether oxygens (including phenoxy) is 1.